The highest BCUT2D eigenvalue weighted by atomic mass is 79.9. The highest BCUT2D eigenvalue weighted by Gasteiger charge is 2.16. The van der Waals surface area contributed by atoms with E-state index >= 15 is 0 Å². The molecule has 6 nitrogen and oxygen atoms in total. The van der Waals surface area contributed by atoms with Gasteiger partial charge in [-0.15, -0.1) is 0 Å². The van der Waals surface area contributed by atoms with Gasteiger partial charge in [0, 0.05) is 12.4 Å². The second-order valence-electron chi connectivity index (χ2n) is 4.02. The van der Waals surface area contributed by atoms with Crippen molar-refractivity contribution in [3.8, 4) is 0 Å². The van der Waals surface area contributed by atoms with E-state index < -0.39 is 0 Å². The van der Waals surface area contributed by atoms with E-state index in [1.807, 2.05) is 13.0 Å². The van der Waals surface area contributed by atoms with Crippen molar-refractivity contribution in [3.63, 3.8) is 0 Å². The summed E-state index contributed by atoms with van der Waals surface area (Å²) < 4.78 is 2.54. The highest BCUT2D eigenvalue weighted by Crippen LogP contribution is 2.16. The largest absolute Gasteiger partial charge is 0.349 e. The van der Waals surface area contributed by atoms with Crippen LogP contribution in [0.15, 0.2) is 22.9 Å². The maximum atomic E-state index is 11.9. The fourth-order valence-corrected chi connectivity index (χ4v) is 1.78. The topological polar surface area (TPSA) is 75.6 Å². The molecule has 96 valence electrons. The zero-order valence-corrected chi connectivity index (χ0v) is 11.7. The van der Waals surface area contributed by atoms with Crippen LogP contribution < -0.4 is 5.32 Å². The summed E-state index contributed by atoms with van der Waals surface area (Å²) >= 11 is 3.38. The van der Waals surface area contributed by atoms with E-state index in [-0.39, 0.29) is 11.9 Å². The van der Waals surface area contributed by atoms with Gasteiger partial charge >= 0.3 is 0 Å². The molecule has 0 aromatic carbocycles. The van der Waals surface area contributed by atoms with Crippen LogP contribution in [0.2, 0.25) is 0 Å². The molecular weight excluding hydrogens is 298 g/mol. The molecule has 18 heavy (non-hydrogen) atoms. The summed E-state index contributed by atoms with van der Waals surface area (Å²) in [5, 5.41) is 13.7. The Hall–Kier alpha value is -1.63. The van der Waals surface area contributed by atoms with Crippen molar-refractivity contribution in [3.05, 3.63) is 34.3 Å². The molecule has 0 bridgehead atoms. The number of aryl methyl sites for hydroxylation is 1. The molecule has 0 aliphatic carbocycles. The Kier molecular flexibility index (Phi) is 3.81. The molecular formula is C11H14BrN5O. The first kappa shape index (κ1) is 12.8. The summed E-state index contributed by atoms with van der Waals surface area (Å²) in [6.45, 7) is 4.13. The number of aromatic amines is 1. The Labute approximate surface area is 113 Å². The normalized spacial score (nSPS) is 12.4. The number of carbonyl (C=O) groups excluding carboxylic acids is 1. The van der Waals surface area contributed by atoms with E-state index in [2.05, 4.69) is 36.5 Å². The van der Waals surface area contributed by atoms with Crippen LogP contribution in [0.5, 0.6) is 0 Å². The lowest BCUT2D eigenvalue weighted by Gasteiger charge is -2.11. The molecule has 0 aliphatic rings. The Balaban J connectivity index is 1.96. The van der Waals surface area contributed by atoms with E-state index in [1.165, 1.54) is 0 Å². The Morgan fingerprint density at radius 1 is 1.67 bits per heavy atom. The van der Waals surface area contributed by atoms with Crippen LogP contribution in [0, 0.1) is 6.92 Å². The third-order valence-corrected chi connectivity index (χ3v) is 3.42. The maximum Gasteiger partial charge on any atom is 0.244 e. The number of hydrogen-bond acceptors (Lipinski definition) is 3. The van der Waals surface area contributed by atoms with E-state index in [4.69, 9.17) is 0 Å². The molecule has 0 saturated heterocycles. The number of H-pyrrole nitrogens is 1. The lowest BCUT2D eigenvalue weighted by molar-refractivity contribution is -0.124. The van der Waals surface area contributed by atoms with Gasteiger partial charge in [-0.05, 0) is 35.8 Å². The lowest BCUT2D eigenvalue weighted by Crippen LogP contribution is -2.31. The summed E-state index contributed by atoms with van der Waals surface area (Å²) in [5.41, 5.74) is 1.73. The lowest BCUT2D eigenvalue weighted by atomic mass is 10.3. The molecule has 0 radical (unpaired) electrons. The molecule has 2 rings (SSSR count). The molecule has 0 unspecified atom stereocenters. The van der Waals surface area contributed by atoms with E-state index in [9.17, 15) is 4.79 Å². The van der Waals surface area contributed by atoms with Crippen molar-refractivity contribution >= 4 is 21.8 Å². The molecule has 1 atom stereocenters. The monoisotopic (exact) mass is 311 g/mol. The van der Waals surface area contributed by atoms with Crippen molar-refractivity contribution in [2.24, 2.45) is 0 Å². The number of nitrogens with one attached hydrogen (secondary N) is 2. The van der Waals surface area contributed by atoms with Crippen LogP contribution in [0.1, 0.15) is 24.4 Å². The van der Waals surface area contributed by atoms with E-state index in [0.717, 1.165) is 15.9 Å². The van der Waals surface area contributed by atoms with Crippen LogP contribution in [0.25, 0.3) is 0 Å². The summed E-state index contributed by atoms with van der Waals surface area (Å²) in [6, 6.07) is 1.47. The first-order valence-corrected chi connectivity index (χ1v) is 6.34. The highest BCUT2D eigenvalue weighted by molar-refractivity contribution is 9.10. The van der Waals surface area contributed by atoms with Crippen molar-refractivity contribution in [2.75, 3.05) is 0 Å². The average molecular weight is 312 g/mol. The SMILES string of the molecule is Cc1nn([C@H](C)C(=O)NCc2ccn[nH]2)cc1Br. The van der Waals surface area contributed by atoms with Crippen LogP contribution in [0.3, 0.4) is 0 Å². The zero-order valence-electron chi connectivity index (χ0n) is 10.1. The molecule has 2 N–H and O–H groups in total. The van der Waals surface area contributed by atoms with Crippen molar-refractivity contribution in [2.45, 2.75) is 26.4 Å². The molecule has 7 heteroatoms. The second-order valence-corrected chi connectivity index (χ2v) is 4.87. The summed E-state index contributed by atoms with van der Waals surface area (Å²) in [7, 11) is 0. The average Bonchev–Trinajstić information content (AvgIpc) is 2.96. The predicted molar refractivity (Wildman–Crippen MR) is 69.8 cm³/mol. The number of hydrogen-bond donors (Lipinski definition) is 2. The quantitative estimate of drug-likeness (QED) is 0.899. The van der Waals surface area contributed by atoms with Crippen LogP contribution in [-0.4, -0.2) is 25.9 Å². The maximum absolute atomic E-state index is 11.9. The number of halogens is 1. The van der Waals surface area contributed by atoms with Gasteiger partial charge in [-0.1, -0.05) is 0 Å². The van der Waals surface area contributed by atoms with Gasteiger partial charge in [0.2, 0.25) is 5.91 Å². The minimum Gasteiger partial charge on any atom is -0.349 e. The van der Waals surface area contributed by atoms with Gasteiger partial charge in [0.1, 0.15) is 6.04 Å². The minimum absolute atomic E-state index is 0.0837. The van der Waals surface area contributed by atoms with Gasteiger partial charge in [-0.25, -0.2) is 0 Å². The standard InChI is InChI=1S/C11H14BrN5O/c1-7-10(12)6-17(16-7)8(2)11(18)13-5-9-3-4-14-15-9/h3-4,6,8H,5H2,1-2H3,(H,13,18)(H,14,15)/t8-/m1/s1. The molecule has 1 amide bonds. The molecule has 0 saturated carbocycles. The number of amides is 1. The van der Waals surface area contributed by atoms with Crippen LogP contribution in [-0.2, 0) is 11.3 Å². The molecule has 0 aliphatic heterocycles. The van der Waals surface area contributed by atoms with Crippen LogP contribution >= 0.6 is 15.9 Å². The smallest absolute Gasteiger partial charge is 0.244 e. The third-order valence-electron chi connectivity index (χ3n) is 2.64. The van der Waals surface area contributed by atoms with Crippen LogP contribution in [0.4, 0.5) is 0 Å². The molecule has 2 heterocycles. The number of rotatable bonds is 4. The molecule has 2 aromatic heterocycles. The van der Waals surface area contributed by atoms with Gasteiger partial charge in [0.05, 0.1) is 22.4 Å². The van der Waals surface area contributed by atoms with Crippen molar-refractivity contribution < 1.29 is 4.79 Å². The van der Waals surface area contributed by atoms with Crippen molar-refractivity contribution in [1.29, 1.82) is 0 Å². The molecule has 0 fully saturated rings. The fraction of sp³-hybridized carbons (Fsp3) is 0.364. The molecule has 0 spiro atoms. The number of aromatic nitrogens is 4. The third kappa shape index (κ3) is 2.79. The number of carbonyl (C=O) groups is 1. The minimum atomic E-state index is -0.349. The van der Waals surface area contributed by atoms with Gasteiger partial charge in [0.15, 0.2) is 0 Å². The first-order chi connectivity index (χ1) is 8.58. The summed E-state index contributed by atoms with van der Waals surface area (Å²) in [4.78, 5) is 11.9. The molecule has 2 aromatic rings. The Morgan fingerprint density at radius 2 is 2.44 bits per heavy atom. The van der Waals surface area contributed by atoms with Crippen molar-refractivity contribution in [1.82, 2.24) is 25.3 Å². The van der Waals surface area contributed by atoms with Gasteiger partial charge < -0.3 is 5.32 Å². The number of nitrogens with zero attached hydrogens (tertiary/aromatic N) is 3. The van der Waals surface area contributed by atoms with E-state index in [1.54, 1.807) is 24.0 Å². The van der Waals surface area contributed by atoms with E-state index in [0.29, 0.717) is 6.54 Å². The van der Waals surface area contributed by atoms with Gasteiger partial charge in [0.25, 0.3) is 0 Å². The second kappa shape index (κ2) is 5.34. The summed E-state index contributed by atoms with van der Waals surface area (Å²) in [6.07, 6.45) is 3.45. The summed E-state index contributed by atoms with van der Waals surface area (Å²) in [5.74, 6) is -0.0837. The zero-order chi connectivity index (χ0) is 13.1. The first-order valence-electron chi connectivity index (χ1n) is 5.55. The van der Waals surface area contributed by atoms with Gasteiger partial charge in [-0.3, -0.25) is 14.6 Å². The predicted octanol–water partition coefficient (Wildman–Crippen LogP) is 1.55. The van der Waals surface area contributed by atoms with Gasteiger partial charge in [-0.2, -0.15) is 10.2 Å². The fourth-order valence-electron chi connectivity index (χ4n) is 1.49. The Bertz CT molecular complexity index is 514. The Morgan fingerprint density at radius 3 is 3.00 bits per heavy atom.